The van der Waals surface area contributed by atoms with Crippen LogP contribution in [0.15, 0.2) is 41.3 Å². The van der Waals surface area contributed by atoms with E-state index in [9.17, 15) is 13.2 Å². The van der Waals surface area contributed by atoms with Gasteiger partial charge < -0.3 is 5.32 Å². The largest absolute Gasteiger partial charge is 0.350 e. The SMILES string of the molecule is Cc1cc(C)c([C@H](C)NC(=O)CCc2ccc(S(=O)(=O)NC(C)(C)C)cc2)cc1C. The zero-order valence-electron chi connectivity index (χ0n) is 19.1. The molecule has 0 unspecified atom stereocenters. The van der Waals surface area contributed by atoms with E-state index in [4.69, 9.17) is 0 Å². The molecule has 1 atom stereocenters. The molecule has 0 fully saturated rings. The molecular formula is C24H34N2O3S. The van der Waals surface area contributed by atoms with Crippen molar-refractivity contribution in [1.82, 2.24) is 10.0 Å². The summed E-state index contributed by atoms with van der Waals surface area (Å²) < 4.78 is 27.4. The van der Waals surface area contributed by atoms with Crippen LogP contribution in [0.1, 0.15) is 68.0 Å². The van der Waals surface area contributed by atoms with E-state index in [0.717, 1.165) is 11.1 Å². The highest BCUT2D eigenvalue weighted by molar-refractivity contribution is 7.89. The van der Waals surface area contributed by atoms with Crippen LogP contribution in [0.4, 0.5) is 0 Å². The van der Waals surface area contributed by atoms with Crippen molar-refractivity contribution in [3.63, 3.8) is 0 Å². The molecule has 0 aromatic heterocycles. The monoisotopic (exact) mass is 430 g/mol. The summed E-state index contributed by atoms with van der Waals surface area (Å²) in [6.07, 6.45) is 0.901. The van der Waals surface area contributed by atoms with Crippen molar-refractivity contribution in [2.24, 2.45) is 0 Å². The highest BCUT2D eigenvalue weighted by Gasteiger charge is 2.21. The van der Waals surface area contributed by atoms with E-state index in [1.54, 1.807) is 45.0 Å². The van der Waals surface area contributed by atoms with Gasteiger partial charge in [-0.25, -0.2) is 13.1 Å². The Bertz CT molecular complexity index is 1000. The summed E-state index contributed by atoms with van der Waals surface area (Å²) in [6, 6.07) is 10.9. The van der Waals surface area contributed by atoms with Crippen molar-refractivity contribution < 1.29 is 13.2 Å². The summed E-state index contributed by atoms with van der Waals surface area (Å²) in [4.78, 5) is 12.7. The van der Waals surface area contributed by atoms with Crippen LogP contribution in [-0.4, -0.2) is 19.9 Å². The Labute approximate surface area is 181 Å². The molecular weight excluding hydrogens is 396 g/mol. The van der Waals surface area contributed by atoms with Crippen LogP contribution in [0, 0.1) is 20.8 Å². The van der Waals surface area contributed by atoms with Gasteiger partial charge >= 0.3 is 0 Å². The standard InChI is InChI=1S/C24H34N2O3S/c1-16-14-18(3)22(15-17(16)2)19(4)25-23(27)13-10-20-8-11-21(12-9-20)30(28,29)26-24(5,6)7/h8-9,11-12,14-15,19,26H,10,13H2,1-7H3,(H,25,27)/t19-/m0/s1. The molecule has 2 rings (SSSR count). The first-order valence-electron chi connectivity index (χ1n) is 10.3. The topological polar surface area (TPSA) is 75.3 Å². The van der Waals surface area contributed by atoms with Crippen LogP contribution < -0.4 is 10.0 Å². The molecule has 5 nitrogen and oxygen atoms in total. The van der Waals surface area contributed by atoms with Gasteiger partial charge in [-0.15, -0.1) is 0 Å². The van der Waals surface area contributed by atoms with Crippen molar-refractivity contribution in [1.29, 1.82) is 0 Å². The van der Waals surface area contributed by atoms with Gasteiger partial charge in [0.15, 0.2) is 0 Å². The molecule has 0 aliphatic heterocycles. The highest BCUT2D eigenvalue weighted by Crippen LogP contribution is 2.22. The molecule has 2 N–H and O–H groups in total. The highest BCUT2D eigenvalue weighted by atomic mass is 32.2. The van der Waals surface area contributed by atoms with Crippen molar-refractivity contribution in [3.8, 4) is 0 Å². The average molecular weight is 431 g/mol. The third kappa shape index (κ3) is 6.67. The minimum Gasteiger partial charge on any atom is -0.350 e. The van der Waals surface area contributed by atoms with E-state index in [0.29, 0.717) is 12.8 Å². The second kappa shape index (κ2) is 9.31. The van der Waals surface area contributed by atoms with Crippen LogP contribution in [0.3, 0.4) is 0 Å². The Kier molecular flexibility index (Phi) is 7.48. The molecule has 0 saturated heterocycles. The Hall–Kier alpha value is -2.18. The van der Waals surface area contributed by atoms with Crippen molar-refractivity contribution in [2.75, 3.05) is 0 Å². The lowest BCUT2D eigenvalue weighted by molar-refractivity contribution is -0.121. The summed E-state index contributed by atoms with van der Waals surface area (Å²) in [5.41, 5.74) is 5.15. The quantitative estimate of drug-likeness (QED) is 0.679. The minimum atomic E-state index is -3.55. The fraction of sp³-hybridized carbons (Fsp3) is 0.458. The number of carbonyl (C=O) groups is 1. The predicted molar refractivity (Wildman–Crippen MR) is 122 cm³/mol. The summed E-state index contributed by atoms with van der Waals surface area (Å²) in [5.74, 6) is -0.0220. The maximum Gasteiger partial charge on any atom is 0.241 e. The molecule has 2 aromatic carbocycles. The lowest BCUT2D eigenvalue weighted by Crippen LogP contribution is -2.40. The van der Waals surface area contributed by atoms with Gasteiger partial charge in [0, 0.05) is 12.0 Å². The van der Waals surface area contributed by atoms with Crippen LogP contribution in [0.2, 0.25) is 0 Å². The molecule has 6 heteroatoms. The van der Waals surface area contributed by atoms with Crippen LogP contribution in [-0.2, 0) is 21.2 Å². The van der Waals surface area contributed by atoms with Gasteiger partial charge in [0.05, 0.1) is 10.9 Å². The van der Waals surface area contributed by atoms with Gasteiger partial charge in [-0.2, -0.15) is 0 Å². The summed E-state index contributed by atoms with van der Waals surface area (Å²) in [6.45, 7) is 13.6. The van der Waals surface area contributed by atoms with Gasteiger partial charge in [0.25, 0.3) is 0 Å². The second-order valence-electron chi connectivity index (χ2n) is 9.08. The summed E-state index contributed by atoms with van der Waals surface area (Å²) in [7, 11) is -3.55. The Morgan fingerprint density at radius 1 is 0.967 bits per heavy atom. The Morgan fingerprint density at radius 2 is 1.53 bits per heavy atom. The van der Waals surface area contributed by atoms with E-state index in [1.807, 2.05) is 6.92 Å². The average Bonchev–Trinajstić information content (AvgIpc) is 2.61. The lowest BCUT2D eigenvalue weighted by Gasteiger charge is -2.20. The van der Waals surface area contributed by atoms with Crippen molar-refractivity contribution in [2.45, 2.75) is 77.8 Å². The maximum absolute atomic E-state index is 12.4. The van der Waals surface area contributed by atoms with E-state index < -0.39 is 15.6 Å². The zero-order chi connectivity index (χ0) is 22.7. The number of hydrogen-bond donors (Lipinski definition) is 2. The fourth-order valence-corrected chi connectivity index (χ4v) is 4.81. The molecule has 0 bridgehead atoms. The molecule has 0 heterocycles. The lowest BCUT2D eigenvalue weighted by atomic mass is 9.96. The van der Waals surface area contributed by atoms with E-state index >= 15 is 0 Å². The first-order valence-corrected chi connectivity index (χ1v) is 11.8. The Balaban J connectivity index is 1.96. The number of sulfonamides is 1. The zero-order valence-corrected chi connectivity index (χ0v) is 19.9. The van der Waals surface area contributed by atoms with Gasteiger partial charge in [-0.1, -0.05) is 24.3 Å². The van der Waals surface area contributed by atoms with Crippen molar-refractivity contribution in [3.05, 3.63) is 64.2 Å². The first kappa shape index (κ1) is 24.1. The molecule has 1 amide bonds. The molecule has 30 heavy (non-hydrogen) atoms. The third-order valence-electron chi connectivity index (χ3n) is 5.04. The van der Waals surface area contributed by atoms with Gasteiger partial charge in [0.2, 0.25) is 15.9 Å². The molecule has 0 spiro atoms. The summed E-state index contributed by atoms with van der Waals surface area (Å²) in [5, 5.41) is 3.07. The number of aryl methyl sites for hydroxylation is 4. The number of nitrogens with one attached hydrogen (secondary N) is 2. The van der Waals surface area contributed by atoms with Crippen molar-refractivity contribution >= 4 is 15.9 Å². The van der Waals surface area contributed by atoms with Crippen LogP contribution >= 0.6 is 0 Å². The normalized spacial score (nSPS) is 13.2. The molecule has 0 aliphatic carbocycles. The predicted octanol–water partition coefficient (Wildman–Crippen LogP) is 4.50. The van der Waals surface area contributed by atoms with Gasteiger partial charge in [-0.05, 0) is 94.8 Å². The van der Waals surface area contributed by atoms with E-state index in [1.165, 1.54) is 16.7 Å². The Morgan fingerprint density at radius 3 is 2.10 bits per heavy atom. The van der Waals surface area contributed by atoms with Crippen LogP contribution in [0.25, 0.3) is 0 Å². The van der Waals surface area contributed by atoms with E-state index in [2.05, 4.69) is 42.9 Å². The molecule has 0 radical (unpaired) electrons. The van der Waals surface area contributed by atoms with E-state index in [-0.39, 0.29) is 16.8 Å². The van der Waals surface area contributed by atoms with Gasteiger partial charge in [-0.3, -0.25) is 4.79 Å². The first-order chi connectivity index (χ1) is 13.8. The molecule has 0 aliphatic rings. The number of benzene rings is 2. The molecule has 164 valence electrons. The number of rotatable bonds is 7. The fourth-order valence-electron chi connectivity index (χ4n) is 3.40. The number of hydrogen-bond acceptors (Lipinski definition) is 3. The third-order valence-corrected chi connectivity index (χ3v) is 6.82. The van der Waals surface area contributed by atoms with Crippen LogP contribution in [0.5, 0.6) is 0 Å². The minimum absolute atomic E-state index is 0.0220. The second-order valence-corrected chi connectivity index (χ2v) is 10.8. The molecule has 0 saturated carbocycles. The smallest absolute Gasteiger partial charge is 0.241 e. The number of amides is 1. The molecule has 2 aromatic rings. The summed E-state index contributed by atoms with van der Waals surface area (Å²) >= 11 is 0. The number of carbonyl (C=O) groups excluding carboxylic acids is 1. The van der Waals surface area contributed by atoms with Gasteiger partial charge in [0.1, 0.15) is 0 Å². The maximum atomic E-state index is 12.4.